The Morgan fingerprint density at radius 2 is 1.47 bits per heavy atom. The number of ether oxygens (including phenoxy) is 4. The average Bonchev–Trinajstić information content (AvgIpc) is 3.45. The summed E-state index contributed by atoms with van der Waals surface area (Å²) in [5.74, 6) is 1.50. The highest BCUT2D eigenvalue weighted by Crippen LogP contribution is 2.46. The Morgan fingerprint density at radius 1 is 0.878 bits per heavy atom. The molecule has 1 aliphatic heterocycles. The first-order valence-electron chi connectivity index (χ1n) is 18.5. The van der Waals surface area contributed by atoms with E-state index in [-0.39, 0.29) is 36.7 Å². The van der Waals surface area contributed by atoms with Crippen LogP contribution in [0.15, 0.2) is 0 Å². The van der Waals surface area contributed by atoms with Gasteiger partial charge in [0, 0.05) is 18.1 Å². The molecule has 3 atom stereocenters. The molecule has 10 nitrogen and oxygen atoms in total. The second-order valence-electron chi connectivity index (χ2n) is 14.8. The van der Waals surface area contributed by atoms with E-state index in [4.69, 9.17) is 18.9 Å². The molecule has 0 saturated carbocycles. The molecule has 0 amide bonds. The second-order valence-corrected chi connectivity index (χ2v) is 14.8. The van der Waals surface area contributed by atoms with Gasteiger partial charge in [0.2, 0.25) is 5.69 Å². The molecule has 3 rings (SSSR count). The predicted molar refractivity (Wildman–Crippen MR) is 190 cm³/mol. The molecule has 0 spiro atoms. The van der Waals surface area contributed by atoms with Crippen LogP contribution in [0, 0.1) is 31.6 Å². The summed E-state index contributed by atoms with van der Waals surface area (Å²) in [5.41, 5.74) is 2.56. The highest BCUT2D eigenvalue weighted by molar-refractivity contribution is 6.00. The molecular formula is C39H61N3O7. The number of esters is 3. The molecule has 1 aliphatic rings. The van der Waals surface area contributed by atoms with E-state index in [1.54, 1.807) is 13.8 Å². The van der Waals surface area contributed by atoms with E-state index in [2.05, 4.69) is 44.9 Å². The number of hydrogen-bond donors (Lipinski definition) is 0. The first-order valence-corrected chi connectivity index (χ1v) is 18.5. The fourth-order valence-corrected chi connectivity index (χ4v) is 6.90. The third-order valence-corrected chi connectivity index (χ3v) is 9.91. The van der Waals surface area contributed by atoms with Gasteiger partial charge in [-0.25, -0.2) is 14.3 Å². The third-order valence-electron chi connectivity index (χ3n) is 9.91. The van der Waals surface area contributed by atoms with Gasteiger partial charge in [-0.05, 0) is 89.2 Å². The summed E-state index contributed by atoms with van der Waals surface area (Å²) in [6.07, 6.45) is 12.6. The van der Waals surface area contributed by atoms with Gasteiger partial charge >= 0.3 is 17.9 Å². The summed E-state index contributed by atoms with van der Waals surface area (Å²) >= 11 is 0. The van der Waals surface area contributed by atoms with E-state index in [0.717, 1.165) is 53.5 Å². The topological polar surface area (TPSA) is 119 Å². The number of carbonyl (C=O) groups excluding carboxylic acids is 3. The lowest BCUT2D eigenvalue weighted by molar-refractivity contribution is -0.132. The first kappa shape index (κ1) is 40.0. The van der Waals surface area contributed by atoms with Gasteiger partial charge in [0.1, 0.15) is 17.1 Å². The minimum atomic E-state index is -0.765. The van der Waals surface area contributed by atoms with Crippen molar-refractivity contribution in [2.45, 2.75) is 152 Å². The fraction of sp³-hybridized carbons (Fsp3) is 0.718. The largest absolute Gasteiger partial charge is 0.487 e. The Morgan fingerprint density at radius 3 is 2.06 bits per heavy atom. The number of nitrogens with zero attached hydrogens (tertiary/aromatic N) is 3. The van der Waals surface area contributed by atoms with E-state index in [0.29, 0.717) is 23.7 Å². The molecule has 0 bridgehead atoms. The van der Waals surface area contributed by atoms with Crippen molar-refractivity contribution >= 4 is 17.9 Å². The van der Waals surface area contributed by atoms with Crippen molar-refractivity contribution in [2.24, 2.45) is 17.8 Å². The molecule has 0 aliphatic carbocycles. The monoisotopic (exact) mass is 683 g/mol. The van der Waals surface area contributed by atoms with E-state index < -0.39 is 17.9 Å². The summed E-state index contributed by atoms with van der Waals surface area (Å²) in [6, 6.07) is 0. The van der Waals surface area contributed by atoms with Crippen LogP contribution in [0.3, 0.4) is 0 Å². The van der Waals surface area contributed by atoms with E-state index in [1.165, 1.54) is 56.6 Å². The second kappa shape index (κ2) is 18.5. The number of rotatable bonds is 19. The number of aromatic nitrogens is 3. The minimum Gasteiger partial charge on any atom is -0.487 e. The molecular weight excluding hydrogens is 622 g/mol. The van der Waals surface area contributed by atoms with Gasteiger partial charge < -0.3 is 18.9 Å². The molecule has 0 fully saturated rings. The van der Waals surface area contributed by atoms with Gasteiger partial charge in [0.05, 0.1) is 19.8 Å². The van der Waals surface area contributed by atoms with Crippen LogP contribution in [0.4, 0.5) is 0 Å². The zero-order valence-electron chi connectivity index (χ0n) is 31.8. The van der Waals surface area contributed by atoms with Gasteiger partial charge in [0.15, 0.2) is 5.69 Å². The van der Waals surface area contributed by atoms with E-state index in [9.17, 15) is 14.4 Å². The lowest BCUT2D eigenvalue weighted by Gasteiger charge is -2.38. The van der Waals surface area contributed by atoms with Gasteiger partial charge in [-0.3, -0.25) is 4.79 Å². The van der Waals surface area contributed by atoms with Crippen LogP contribution in [0.1, 0.15) is 163 Å². The Bertz CT molecular complexity index is 1430. The van der Waals surface area contributed by atoms with Crippen LogP contribution in [-0.2, 0) is 27.2 Å². The first-order chi connectivity index (χ1) is 23.2. The molecule has 3 unspecified atom stereocenters. The van der Waals surface area contributed by atoms with Crippen molar-refractivity contribution < 1.29 is 33.3 Å². The molecule has 2 heterocycles. The van der Waals surface area contributed by atoms with Crippen LogP contribution in [0.25, 0.3) is 0 Å². The highest BCUT2D eigenvalue weighted by atomic mass is 16.5. The Hall–Kier alpha value is -3.43. The molecule has 1 aromatic heterocycles. The molecule has 2 aromatic rings. The predicted octanol–water partition coefficient (Wildman–Crippen LogP) is 8.74. The molecule has 49 heavy (non-hydrogen) atoms. The van der Waals surface area contributed by atoms with Gasteiger partial charge in [-0.15, -0.1) is 5.10 Å². The smallest absolute Gasteiger partial charge is 0.361 e. The third kappa shape index (κ3) is 11.0. The van der Waals surface area contributed by atoms with E-state index in [1.807, 2.05) is 13.8 Å². The van der Waals surface area contributed by atoms with Crippen LogP contribution in [-0.4, -0.2) is 51.7 Å². The standard InChI is InChI=1S/C39H61N3O7/c1-11-46-37(44)33-34(38(45)47-12-2)42(41-40-33)24-32-31-21-23-39(10,49-36(31)29(8)28(7)35(32)48-30(9)43)22-15-20-27(6)19-14-18-26(5)17-13-16-25(3)4/h25-27H,11-24H2,1-10H3. The molecule has 0 N–H and O–H groups in total. The SMILES string of the molecule is CCOC(=O)c1nnn(Cc2c3c(c(C)c(C)c2OC(C)=O)OC(C)(CCCC(C)CCCC(C)CCCC(C)C)CC3)c1C(=O)OCC. The van der Waals surface area contributed by atoms with Crippen LogP contribution in [0.5, 0.6) is 11.5 Å². The summed E-state index contributed by atoms with van der Waals surface area (Å²) in [5, 5.41) is 8.15. The minimum absolute atomic E-state index is 0.0144. The number of hydrogen-bond acceptors (Lipinski definition) is 9. The zero-order valence-corrected chi connectivity index (χ0v) is 31.8. The van der Waals surface area contributed by atoms with Gasteiger partial charge in [-0.2, -0.15) is 0 Å². The molecule has 0 saturated heterocycles. The van der Waals surface area contributed by atoms with Gasteiger partial charge in [0.25, 0.3) is 0 Å². The van der Waals surface area contributed by atoms with Crippen LogP contribution < -0.4 is 9.47 Å². The van der Waals surface area contributed by atoms with Crippen molar-refractivity contribution in [1.82, 2.24) is 15.0 Å². The van der Waals surface area contributed by atoms with Crippen molar-refractivity contribution in [2.75, 3.05) is 13.2 Å². The Balaban J connectivity index is 1.79. The number of benzene rings is 1. The fourth-order valence-electron chi connectivity index (χ4n) is 6.90. The van der Waals surface area contributed by atoms with Gasteiger partial charge in [-0.1, -0.05) is 77.9 Å². The average molecular weight is 684 g/mol. The highest BCUT2D eigenvalue weighted by Gasteiger charge is 2.37. The molecule has 10 heteroatoms. The maximum absolute atomic E-state index is 13.1. The number of carbonyl (C=O) groups is 3. The quantitative estimate of drug-likeness (QED) is 0.106. The van der Waals surface area contributed by atoms with Crippen molar-refractivity contribution in [3.8, 4) is 11.5 Å². The lowest BCUT2D eigenvalue weighted by atomic mass is 9.83. The molecule has 0 radical (unpaired) electrons. The molecule has 1 aromatic carbocycles. The summed E-state index contributed by atoms with van der Waals surface area (Å²) < 4.78 is 24.4. The summed E-state index contributed by atoms with van der Waals surface area (Å²) in [7, 11) is 0. The van der Waals surface area contributed by atoms with Crippen LogP contribution in [0.2, 0.25) is 0 Å². The molecule has 274 valence electrons. The van der Waals surface area contributed by atoms with Crippen molar-refractivity contribution in [1.29, 1.82) is 0 Å². The summed E-state index contributed by atoms with van der Waals surface area (Å²) in [4.78, 5) is 38.0. The number of fused-ring (bicyclic) bond motifs is 1. The lowest BCUT2D eigenvalue weighted by Crippen LogP contribution is -2.37. The van der Waals surface area contributed by atoms with Crippen molar-refractivity contribution in [3.63, 3.8) is 0 Å². The van der Waals surface area contributed by atoms with E-state index >= 15 is 0 Å². The van der Waals surface area contributed by atoms with Crippen molar-refractivity contribution in [3.05, 3.63) is 33.6 Å². The van der Waals surface area contributed by atoms with Crippen LogP contribution >= 0.6 is 0 Å². The zero-order chi connectivity index (χ0) is 36.3. The summed E-state index contributed by atoms with van der Waals surface area (Å²) in [6.45, 7) is 20.4. The Kier molecular flexibility index (Phi) is 15.1. The maximum atomic E-state index is 13.1. The Labute approximate surface area is 294 Å². The maximum Gasteiger partial charge on any atom is 0.361 e. The normalized spacial score (nSPS) is 16.9.